The van der Waals surface area contributed by atoms with Crippen LogP contribution >= 0.6 is 34.8 Å². The summed E-state index contributed by atoms with van der Waals surface area (Å²) in [5.74, 6) is 0.421. The summed E-state index contributed by atoms with van der Waals surface area (Å²) in [6.45, 7) is 0. The highest BCUT2D eigenvalue weighted by Gasteiger charge is 2.39. The van der Waals surface area contributed by atoms with Crippen LogP contribution in [0.1, 0.15) is 42.5 Å². The van der Waals surface area contributed by atoms with Crippen molar-refractivity contribution in [2.75, 3.05) is 7.11 Å². The lowest BCUT2D eigenvalue weighted by atomic mass is 9.95. The van der Waals surface area contributed by atoms with Gasteiger partial charge in [0.25, 0.3) is 9.70 Å². The van der Waals surface area contributed by atoms with E-state index in [1.54, 1.807) is 31.4 Å². The Balaban J connectivity index is 2.02. The minimum Gasteiger partial charge on any atom is -0.497 e. The summed E-state index contributed by atoms with van der Waals surface area (Å²) in [6.07, 6.45) is 5.15. The lowest BCUT2D eigenvalue weighted by Gasteiger charge is -2.29. The van der Waals surface area contributed by atoms with E-state index in [1.807, 2.05) is 5.32 Å². The van der Waals surface area contributed by atoms with Crippen LogP contribution in [-0.2, 0) is 0 Å². The Morgan fingerprint density at radius 3 is 2.35 bits per heavy atom. The van der Waals surface area contributed by atoms with Gasteiger partial charge >= 0.3 is 0 Å². The molecular formula is C16H22Cl3N2O2+. The summed E-state index contributed by atoms with van der Waals surface area (Å²) in [7, 11) is 1.58. The van der Waals surface area contributed by atoms with Gasteiger partial charge in [0.05, 0.1) is 13.2 Å². The quantitative estimate of drug-likeness (QED) is 0.609. The number of alkyl halides is 3. The number of benzene rings is 1. The van der Waals surface area contributed by atoms with Crippen LogP contribution in [0.4, 0.5) is 0 Å². The first-order valence-corrected chi connectivity index (χ1v) is 8.90. The zero-order chi connectivity index (χ0) is 16.9. The van der Waals surface area contributed by atoms with Crippen LogP contribution in [0.5, 0.6) is 5.75 Å². The molecule has 1 fully saturated rings. The first-order valence-electron chi connectivity index (χ1n) is 7.77. The van der Waals surface area contributed by atoms with Crippen molar-refractivity contribution >= 4 is 40.7 Å². The Bertz CT molecular complexity index is 511. The Morgan fingerprint density at radius 2 is 1.83 bits per heavy atom. The molecule has 128 valence electrons. The first kappa shape index (κ1) is 18.7. The number of halogens is 3. The zero-order valence-electron chi connectivity index (χ0n) is 13.0. The van der Waals surface area contributed by atoms with E-state index in [-0.39, 0.29) is 5.91 Å². The second kappa shape index (κ2) is 8.43. The number of hydrogen-bond acceptors (Lipinski definition) is 2. The molecule has 2 rings (SSSR count). The number of carbonyl (C=O) groups is 1. The van der Waals surface area contributed by atoms with Gasteiger partial charge in [0, 0.05) is 5.56 Å². The number of quaternary nitrogens is 1. The normalized spacial score (nSPS) is 17.6. The van der Waals surface area contributed by atoms with Gasteiger partial charge in [-0.3, -0.25) is 10.1 Å². The maximum Gasteiger partial charge on any atom is 0.262 e. The Hall–Kier alpha value is -0.680. The van der Waals surface area contributed by atoms with Gasteiger partial charge in [-0.1, -0.05) is 41.2 Å². The molecule has 0 aromatic heterocycles. The summed E-state index contributed by atoms with van der Waals surface area (Å²) in [5.41, 5.74) is 0.502. The highest BCUT2D eigenvalue weighted by molar-refractivity contribution is 6.68. The molecule has 3 N–H and O–H groups in total. The first-order chi connectivity index (χ1) is 10.9. The summed E-state index contributed by atoms with van der Waals surface area (Å²) in [4.78, 5) is 12.4. The third-order valence-electron chi connectivity index (χ3n) is 4.11. The van der Waals surface area contributed by atoms with Gasteiger partial charge in [-0.15, -0.1) is 0 Å². The van der Waals surface area contributed by atoms with E-state index in [0.29, 0.717) is 17.4 Å². The molecule has 1 saturated carbocycles. The average molecular weight is 381 g/mol. The minimum absolute atomic E-state index is 0.268. The fraction of sp³-hybridized carbons (Fsp3) is 0.562. The second-order valence-electron chi connectivity index (χ2n) is 5.81. The van der Waals surface area contributed by atoms with Gasteiger partial charge in [0.1, 0.15) is 5.75 Å². The highest BCUT2D eigenvalue weighted by Crippen LogP contribution is 2.28. The lowest BCUT2D eigenvalue weighted by molar-refractivity contribution is -0.726. The number of amides is 1. The molecule has 23 heavy (non-hydrogen) atoms. The summed E-state index contributed by atoms with van der Waals surface area (Å²) in [6, 6.07) is 7.20. The number of rotatable bonds is 5. The van der Waals surface area contributed by atoms with E-state index < -0.39 is 9.96 Å². The standard InChI is InChI=1S/C16H21Cl3N2O2/c1-23-13-9-7-11(8-10-13)14(22)21-15(16(17,18)19)20-12-5-3-2-4-6-12/h7-10,12,15,20H,2-6H2,1H3,(H,21,22)/p+1. The van der Waals surface area contributed by atoms with E-state index in [1.165, 1.54) is 19.3 Å². The van der Waals surface area contributed by atoms with Crippen molar-refractivity contribution in [2.45, 2.75) is 48.1 Å². The molecule has 1 aliphatic rings. The van der Waals surface area contributed by atoms with Crippen LogP contribution in [0.25, 0.3) is 0 Å². The van der Waals surface area contributed by atoms with E-state index >= 15 is 0 Å². The molecule has 0 aliphatic heterocycles. The fourth-order valence-electron chi connectivity index (χ4n) is 2.80. The zero-order valence-corrected chi connectivity index (χ0v) is 15.3. The molecule has 1 aliphatic carbocycles. The molecule has 0 bridgehead atoms. The van der Waals surface area contributed by atoms with Crippen molar-refractivity contribution in [1.82, 2.24) is 5.32 Å². The topological polar surface area (TPSA) is 54.9 Å². The number of carbonyl (C=O) groups excluding carboxylic acids is 1. The predicted octanol–water partition coefficient (Wildman–Crippen LogP) is 3.02. The number of nitrogens with one attached hydrogen (secondary N) is 1. The third kappa shape index (κ3) is 5.71. The van der Waals surface area contributed by atoms with Crippen LogP contribution in [0.2, 0.25) is 0 Å². The largest absolute Gasteiger partial charge is 0.497 e. The minimum atomic E-state index is -1.57. The summed E-state index contributed by atoms with van der Waals surface area (Å²) in [5, 5.41) is 4.81. The van der Waals surface area contributed by atoms with Crippen LogP contribution in [-0.4, -0.2) is 29.0 Å². The van der Waals surface area contributed by atoms with Gasteiger partial charge < -0.3 is 10.1 Å². The maximum absolute atomic E-state index is 12.4. The van der Waals surface area contributed by atoms with Crippen LogP contribution < -0.4 is 15.4 Å². The molecule has 1 amide bonds. The van der Waals surface area contributed by atoms with Crippen LogP contribution in [0, 0.1) is 0 Å². The lowest BCUT2D eigenvalue weighted by Crippen LogP contribution is -3.00. The third-order valence-corrected chi connectivity index (χ3v) is 4.81. The van der Waals surface area contributed by atoms with Crippen molar-refractivity contribution in [2.24, 2.45) is 0 Å². The Morgan fingerprint density at radius 1 is 1.22 bits per heavy atom. The van der Waals surface area contributed by atoms with E-state index in [9.17, 15) is 4.79 Å². The molecule has 0 saturated heterocycles. The van der Waals surface area contributed by atoms with Crippen LogP contribution in [0.3, 0.4) is 0 Å². The molecule has 0 radical (unpaired) electrons. The average Bonchev–Trinajstić information content (AvgIpc) is 2.54. The van der Waals surface area contributed by atoms with Crippen molar-refractivity contribution in [3.63, 3.8) is 0 Å². The van der Waals surface area contributed by atoms with Gasteiger partial charge in [-0.05, 0) is 49.9 Å². The summed E-state index contributed by atoms with van der Waals surface area (Å²) < 4.78 is 3.51. The molecular weight excluding hydrogens is 359 g/mol. The van der Waals surface area contributed by atoms with E-state index in [2.05, 4.69) is 5.32 Å². The maximum atomic E-state index is 12.4. The number of nitrogens with two attached hydrogens (primary N) is 1. The Kier molecular flexibility index (Phi) is 6.84. The van der Waals surface area contributed by atoms with Gasteiger partial charge in [-0.25, -0.2) is 0 Å². The van der Waals surface area contributed by atoms with Crippen LogP contribution in [0.15, 0.2) is 24.3 Å². The molecule has 1 unspecified atom stereocenters. The van der Waals surface area contributed by atoms with Crippen molar-refractivity contribution < 1.29 is 14.8 Å². The molecule has 4 nitrogen and oxygen atoms in total. The predicted molar refractivity (Wildman–Crippen MR) is 93.3 cm³/mol. The smallest absolute Gasteiger partial charge is 0.262 e. The molecule has 1 atom stereocenters. The molecule has 1 aromatic rings. The van der Waals surface area contributed by atoms with Gasteiger partial charge in [-0.2, -0.15) is 0 Å². The van der Waals surface area contributed by atoms with E-state index in [0.717, 1.165) is 12.8 Å². The van der Waals surface area contributed by atoms with Crippen molar-refractivity contribution in [3.05, 3.63) is 29.8 Å². The molecule has 1 aromatic carbocycles. The van der Waals surface area contributed by atoms with Gasteiger partial charge in [0.2, 0.25) is 6.17 Å². The molecule has 0 spiro atoms. The highest BCUT2D eigenvalue weighted by atomic mass is 35.6. The monoisotopic (exact) mass is 379 g/mol. The number of hydrogen-bond donors (Lipinski definition) is 2. The Labute approximate surface area is 151 Å². The SMILES string of the molecule is COc1ccc(C(=O)NC([NH2+]C2CCCCC2)C(Cl)(Cl)Cl)cc1. The van der Waals surface area contributed by atoms with Crippen molar-refractivity contribution in [1.29, 1.82) is 0 Å². The second-order valence-corrected chi connectivity index (χ2v) is 8.18. The van der Waals surface area contributed by atoms with Gasteiger partial charge in [0.15, 0.2) is 0 Å². The van der Waals surface area contributed by atoms with Crippen molar-refractivity contribution in [3.8, 4) is 5.75 Å². The fourth-order valence-corrected chi connectivity index (χ4v) is 3.19. The number of methoxy groups -OCH3 is 1. The summed E-state index contributed by atoms with van der Waals surface area (Å²) >= 11 is 18.2. The van der Waals surface area contributed by atoms with E-state index in [4.69, 9.17) is 39.5 Å². The number of ether oxygens (including phenoxy) is 1. The molecule has 7 heteroatoms. The molecule has 0 heterocycles.